The molecular weight excluding hydrogens is 322 g/mol. The van der Waals surface area contributed by atoms with Crippen molar-refractivity contribution in [2.45, 2.75) is 19.8 Å². The molecule has 0 aliphatic carbocycles. The molecule has 2 aromatic carbocycles. The van der Waals surface area contributed by atoms with E-state index in [1.165, 1.54) is 16.8 Å². The minimum absolute atomic E-state index is 0.0325. The normalized spacial score (nSPS) is 12.7. The first-order valence-corrected chi connectivity index (χ1v) is 8.86. The molecule has 0 saturated heterocycles. The van der Waals surface area contributed by atoms with E-state index >= 15 is 0 Å². The van der Waals surface area contributed by atoms with Gasteiger partial charge in [0.15, 0.2) is 0 Å². The van der Waals surface area contributed by atoms with Gasteiger partial charge in [-0.2, -0.15) is 0 Å². The second-order valence-corrected chi connectivity index (χ2v) is 6.65. The molecule has 0 spiro atoms. The van der Waals surface area contributed by atoms with Crippen LogP contribution in [-0.4, -0.2) is 17.4 Å². The molecule has 1 aromatic heterocycles. The molecule has 0 fully saturated rings. The second kappa shape index (κ2) is 7.00. The van der Waals surface area contributed by atoms with Gasteiger partial charge in [0, 0.05) is 12.2 Å². The number of aryl methyl sites for hydroxylation is 1. The van der Waals surface area contributed by atoms with Crippen LogP contribution in [0.1, 0.15) is 16.7 Å². The molecule has 1 aliphatic rings. The van der Waals surface area contributed by atoms with E-state index in [0.717, 1.165) is 30.0 Å². The summed E-state index contributed by atoms with van der Waals surface area (Å²) in [5.41, 5.74) is 5.49. The first-order chi connectivity index (χ1) is 12.7. The Kier molecular flexibility index (Phi) is 4.40. The number of aromatic nitrogens is 1. The monoisotopic (exact) mass is 343 g/mol. The molecule has 130 valence electrons. The fourth-order valence-electron chi connectivity index (χ4n) is 3.29. The molecule has 2 heterocycles. The van der Waals surface area contributed by atoms with Crippen LogP contribution in [0.25, 0.3) is 0 Å². The lowest BCUT2D eigenvalue weighted by Gasteiger charge is -2.18. The Labute approximate surface area is 153 Å². The van der Waals surface area contributed by atoms with Crippen molar-refractivity contribution in [3.63, 3.8) is 0 Å². The lowest BCUT2D eigenvalue weighted by Crippen LogP contribution is -2.16. The zero-order chi connectivity index (χ0) is 17.9. The maximum atomic E-state index is 12.2. The first-order valence-electron chi connectivity index (χ1n) is 8.86. The van der Waals surface area contributed by atoms with Crippen LogP contribution in [0, 0.1) is 6.92 Å². The number of nitrogens with one attached hydrogen (secondary N) is 1. The number of fused-ring (bicyclic) bond motifs is 1. The third-order valence-electron chi connectivity index (χ3n) is 4.68. The van der Waals surface area contributed by atoms with Crippen LogP contribution >= 0.6 is 0 Å². The molecule has 4 heteroatoms. The summed E-state index contributed by atoms with van der Waals surface area (Å²) in [6.07, 6.45) is 3.12. The molecule has 1 amide bonds. The summed E-state index contributed by atoms with van der Waals surface area (Å²) in [6.45, 7) is 2.97. The van der Waals surface area contributed by atoms with Gasteiger partial charge in [0.25, 0.3) is 0 Å². The number of para-hydroxylation sites is 1. The predicted octanol–water partition coefficient (Wildman–Crippen LogP) is 4.27. The van der Waals surface area contributed by atoms with Crippen LogP contribution in [0.4, 0.5) is 17.2 Å². The van der Waals surface area contributed by atoms with Gasteiger partial charge in [0.05, 0.1) is 18.3 Å². The van der Waals surface area contributed by atoms with Crippen molar-refractivity contribution >= 4 is 23.1 Å². The van der Waals surface area contributed by atoms with E-state index in [0.29, 0.717) is 6.42 Å². The molecule has 0 radical (unpaired) electrons. The van der Waals surface area contributed by atoms with Gasteiger partial charge in [0.2, 0.25) is 5.91 Å². The van der Waals surface area contributed by atoms with Crippen LogP contribution < -0.4 is 10.2 Å². The zero-order valence-corrected chi connectivity index (χ0v) is 14.8. The van der Waals surface area contributed by atoms with Gasteiger partial charge in [-0.1, -0.05) is 48.0 Å². The van der Waals surface area contributed by atoms with E-state index < -0.39 is 0 Å². The summed E-state index contributed by atoms with van der Waals surface area (Å²) in [4.78, 5) is 19.0. The van der Waals surface area contributed by atoms with Crippen LogP contribution in [0.3, 0.4) is 0 Å². The molecule has 1 N–H and O–H groups in total. The highest BCUT2D eigenvalue weighted by Crippen LogP contribution is 2.33. The summed E-state index contributed by atoms with van der Waals surface area (Å²) in [6, 6.07) is 20.3. The number of hydrogen-bond acceptors (Lipinski definition) is 3. The standard InChI is InChI=1S/C22H21N3O/c1-16-6-8-17(9-7-16)14-22(26)24-19-10-11-21(23-15-19)25-13-12-18-4-2-3-5-20(18)25/h2-11,15H,12-14H2,1H3,(H,24,26). The average Bonchev–Trinajstić information content (AvgIpc) is 3.08. The summed E-state index contributed by atoms with van der Waals surface area (Å²) in [5, 5.41) is 2.92. The Morgan fingerprint density at radius 1 is 1.08 bits per heavy atom. The number of anilines is 3. The van der Waals surface area contributed by atoms with Crippen molar-refractivity contribution in [2.24, 2.45) is 0 Å². The Bertz CT molecular complexity index is 917. The Hall–Kier alpha value is -3.14. The van der Waals surface area contributed by atoms with Crippen molar-refractivity contribution in [2.75, 3.05) is 16.8 Å². The third-order valence-corrected chi connectivity index (χ3v) is 4.68. The smallest absolute Gasteiger partial charge is 0.228 e. The first kappa shape index (κ1) is 16.3. The van der Waals surface area contributed by atoms with Crippen molar-refractivity contribution < 1.29 is 4.79 Å². The minimum Gasteiger partial charge on any atom is -0.326 e. The summed E-state index contributed by atoms with van der Waals surface area (Å²) >= 11 is 0. The maximum absolute atomic E-state index is 12.2. The maximum Gasteiger partial charge on any atom is 0.228 e. The SMILES string of the molecule is Cc1ccc(CC(=O)Nc2ccc(N3CCc4ccccc43)nc2)cc1. The highest BCUT2D eigenvalue weighted by Gasteiger charge is 2.20. The van der Waals surface area contributed by atoms with E-state index in [-0.39, 0.29) is 5.91 Å². The van der Waals surface area contributed by atoms with Gasteiger partial charge in [-0.15, -0.1) is 0 Å². The zero-order valence-electron chi connectivity index (χ0n) is 14.8. The van der Waals surface area contributed by atoms with Crippen molar-refractivity contribution in [1.29, 1.82) is 0 Å². The molecule has 0 saturated carbocycles. The Morgan fingerprint density at radius 3 is 2.65 bits per heavy atom. The molecular formula is C22H21N3O. The number of pyridine rings is 1. The molecule has 4 rings (SSSR count). The second-order valence-electron chi connectivity index (χ2n) is 6.65. The van der Waals surface area contributed by atoms with Crippen molar-refractivity contribution in [1.82, 2.24) is 4.98 Å². The molecule has 3 aromatic rings. The highest BCUT2D eigenvalue weighted by atomic mass is 16.1. The topological polar surface area (TPSA) is 45.2 Å². The van der Waals surface area contributed by atoms with Gasteiger partial charge in [-0.05, 0) is 42.7 Å². The Morgan fingerprint density at radius 2 is 1.88 bits per heavy atom. The molecule has 0 bridgehead atoms. The highest BCUT2D eigenvalue weighted by molar-refractivity contribution is 5.92. The molecule has 4 nitrogen and oxygen atoms in total. The van der Waals surface area contributed by atoms with E-state index in [2.05, 4.69) is 39.5 Å². The molecule has 1 aliphatic heterocycles. The minimum atomic E-state index is -0.0325. The van der Waals surface area contributed by atoms with Gasteiger partial charge in [0.1, 0.15) is 5.82 Å². The van der Waals surface area contributed by atoms with Crippen LogP contribution in [0.15, 0.2) is 66.9 Å². The van der Waals surface area contributed by atoms with Crippen LogP contribution in [0.2, 0.25) is 0 Å². The van der Waals surface area contributed by atoms with E-state index in [1.807, 2.05) is 43.3 Å². The van der Waals surface area contributed by atoms with E-state index in [4.69, 9.17) is 0 Å². The lowest BCUT2D eigenvalue weighted by atomic mass is 10.1. The summed E-state index contributed by atoms with van der Waals surface area (Å²) in [7, 11) is 0. The summed E-state index contributed by atoms with van der Waals surface area (Å²) in [5.74, 6) is 0.876. The van der Waals surface area contributed by atoms with Gasteiger partial charge in [-0.3, -0.25) is 4.79 Å². The molecule has 0 atom stereocenters. The number of amides is 1. The summed E-state index contributed by atoms with van der Waals surface area (Å²) < 4.78 is 0. The lowest BCUT2D eigenvalue weighted by molar-refractivity contribution is -0.115. The third kappa shape index (κ3) is 3.45. The predicted molar refractivity (Wildman–Crippen MR) is 105 cm³/mol. The van der Waals surface area contributed by atoms with Gasteiger partial charge in [-0.25, -0.2) is 4.98 Å². The molecule has 0 unspecified atom stereocenters. The number of benzene rings is 2. The van der Waals surface area contributed by atoms with Crippen molar-refractivity contribution in [3.05, 3.63) is 83.6 Å². The number of carbonyl (C=O) groups excluding carboxylic acids is 1. The molecule has 26 heavy (non-hydrogen) atoms. The quantitative estimate of drug-likeness (QED) is 0.770. The van der Waals surface area contributed by atoms with E-state index in [9.17, 15) is 4.79 Å². The number of rotatable bonds is 4. The number of carbonyl (C=O) groups is 1. The Balaban J connectivity index is 1.42. The fraction of sp³-hybridized carbons (Fsp3) is 0.182. The fourth-order valence-corrected chi connectivity index (χ4v) is 3.29. The largest absolute Gasteiger partial charge is 0.326 e. The number of hydrogen-bond donors (Lipinski definition) is 1. The van der Waals surface area contributed by atoms with Crippen LogP contribution in [-0.2, 0) is 17.6 Å². The van der Waals surface area contributed by atoms with E-state index in [1.54, 1.807) is 6.20 Å². The van der Waals surface area contributed by atoms with Gasteiger partial charge < -0.3 is 10.2 Å². The average molecular weight is 343 g/mol. The van der Waals surface area contributed by atoms with Gasteiger partial charge >= 0.3 is 0 Å². The van der Waals surface area contributed by atoms with Crippen LogP contribution in [0.5, 0.6) is 0 Å². The van der Waals surface area contributed by atoms with Crippen molar-refractivity contribution in [3.8, 4) is 0 Å². The number of nitrogens with zero attached hydrogens (tertiary/aromatic N) is 2.